The lowest BCUT2D eigenvalue weighted by atomic mass is 10.2. The highest BCUT2D eigenvalue weighted by molar-refractivity contribution is 7.38. The Morgan fingerprint density at radius 2 is 1.65 bits per heavy atom. The predicted molar refractivity (Wildman–Crippen MR) is 80.2 cm³/mol. The van der Waals surface area contributed by atoms with E-state index < -0.39 is 8.03 Å². The number of hydrogen-bond donors (Lipinski definition) is 0. The Hall–Kier alpha value is -1.70. The van der Waals surface area contributed by atoms with E-state index in [9.17, 15) is 4.57 Å². The Bertz CT molecular complexity index is 537. The summed E-state index contributed by atoms with van der Waals surface area (Å²) in [4.78, 5) is 0. The fourth-order valence-electron chi connectivity index (χ4n) is 1.77. The van der Waals surface area contributed by atoms with Gasteiger partial charge in [0.1, 0.15) is 12.4 Å². The zero-order valence-corrected chi connectivity index (χ0v) is 12.4. The molecule has 0 fully saturated rings. The molecule has 3 nitrogen and oxygen atoms in total. The summed E-state index contributed by atoms with van der Waals surface area (Å²) in [6.45, 7) is 2.87. The number of benzene rings is 2. The topological polar surface area (TPSA) is 35.5 Å². The van der Waals surface area contributed by atoms with E-state index in [1.807, 2.05) is 61.5 Å². The molecule has 4 heteroatoms. The Kier molecular flexibility index (Phi) is 5.72. The van der Waals surface area contributed by atoms with E-state index in [0.29, 0.717) is 19.4 Å². The van der Waals surface area contributed by atoms with Gasteiger partial charge in [-0.05, 0) is 29.2 Å². The van der Waals surface area contributed by atoms with E-state index in [-0.39, 0.29) is 0 Å². The van der Waals surface area contributed by atoms with E-state index in [4.69, 9.17) is 9.26 Å². The summed E-state index contributed by atoms with van der Waals surface area (Å²) in [7, 11) is -1.60. The van der Waals surface area contributed by atoms with Gasteiger partial charge < -0.3 is 4.74 Å². The summed E-state index contributed by atoms with van der Waals surface area (Å²) in [5, 5.41) is 0. The van der Waals surface area contributed by atoms with Crippen molar-refractivity contribution >= 4 is 8.03 Å². The third kappa shape index (κ3) is 4.76. The minimum absolute atomic E-state index is 0.447. The van der Waals surface area contributed by atoms with Crippen LogP contribution in [0.2, 0.25) is 0 Å². The fourth-order valence-corrected chi connectivity index (χ4v) is 2.66. The van der Waals surface area contributed by atoms with E-state index >= 15 is 0 Å². The highest BCUT2D eigenvalue weighted by Gasteiger charge is 2.16. The highest BCUT2D eigenvalue weighted by Crippen LogP contribution is 2.28. The normalized spacial score (nSPS) is 11.2. The Morgan fingerprint density at radius 1 is 0.950 bits per heavy atom. The zero-order valence-electron chi connectivity index (χ0n) is 11.5. The second-order valence-electron chi connectivity index (χ2n) is 4.33. The molecule has 2 rings (SSSR count). The molecule has 2 aromatic rings. The molecule has 2 aromatic carbocycles. The molecular formula is C16H18O3P+. The van der Waals surface area contributed by atoms with Crippen molar-refractivity contribution in [3.05, 3.63) is 65.7 Å². The van der Waals surface area contributed by atoms with E-state index in [2.05, 4.69) is 0 Å². The van der Waals surface area contributed by atoms with Crippen LogP contribution in [0.25, 0.3) is 0 Å². The molecule has 0 N–H and O–H groups in total. The maximum atomic E-state index is 11.5. The Labute approximate surface area is 120 Å². The minimum atomic E-state index is -1.60. The van der Waals surface area contributed by atoms with Gasteiger partial charge in [0.05, 0.1) is 6.61 Å². The van der Waals surface area contributed by atoms with Gasteiger partial charge >= 0.3 is 8.03 Å². The Morgan fingerprint density at radius 3 is 2.30 bits per heavy atom. The van der Waals surface area contributed by atoms with Gasteiger partial charge in [-0.25, -0.2) is 0 Å². The monoisotopic (exact) mass is 289 g/mol. The molecule has 0 aliphatic carbocycles. The lowest BCUT2D eigenvalue weighted by Crippen LogP contribution is -1.95. The first kappa shape index (κ1) is 14.7. The van der Waals surface area contributed by atoms with Gasteiger partial charge in [-0.2, -0.15) is 0 Å². The summed E-state index contributed by atoms with van der Waals surface area (Å²) in [6, 6.07) is 17.7. The average molecular weight is 289 g/mol. The van der Waals surface area contributed by atoms with Crippen LogP contribution in [0.3, 0.4) is 0 Å². The molecule has 0 amide bonds. The Balaban J connectivity index is 1.87. The van der Waals surface area contributed by atoms with Crippen LogP contribution in [0.1, 0.15) is 18.1 Å². The van der Waals surface area contributed by atoms with Crippen molar-refractivity contribution in [1.29, 1.82) is 0 Å². The van der Waals surface area contributed by atoms with Gasteiger partial charge in [0, 0.05) is 5.56 Å². The second kappa shape index (κ2) is 7.78. The highest BCUT2D eigenvalue weighted by atomic mass is 31.1. The molecule has 0 saturated heterocycles. The third-order valence-electron chi connectivity index (χ3n) is 2.76. The molecule has 0 radical (unpaired) electrons. The van der Waals surface area contributed by atoms with E-state index in [1.165, 1.54) is 0 Å². The van der Waals surface area contributed by atoms with Gasteiger partial charge in [-0.15, -0.1) is 4.52 Å². The van der Waals surface area contributed by atoms with E-state index in [1.54, 1.807) is 0 Å². The lowest BCUT2D eigenvalue weighted by Gasteiger charge is -2.06. The SMILES string of the molecule is CCO[P+](=O)Cc1ccc(OCc2ccccc2)cc1. The van der Waals surface area contributed by atoms with Gasteiger partial charge in [0.15, 0.2) is 0 Å². The molecule has 104 valence electrons. The fraction of sp³-hybridized carbons (Fsp3) is 0.250. The van der Waals surface area contributed by atoms with Gasteiger partial charge in [0.2, 0.25) is 6.16 Å². The molecule has 0 aliphatic rings. The standard InChI is InChI=1S/C16H18O3P/c1-2-19-20(17)13-15-8-10-16(11-9-15)18-12-14-6-4-3-5-7-14/h3-11H,2,12-13H2,1H3/q+1. The first-order chi connectivity index (χ1) is 9.78. The van der Waals surface area contributed by atoms with Crippen molar-refractivity contribution in [1.82, 2.24) is 0 Å². The first-order valence-electron chi connectivity index (χ1n) is 6.61. The van der Waals surface area contributed by atoms with Crippen LogP contribution in [0.4, 0.5) is 0 Å². The second-order valence-corrected chi connectivity index (χ2v) is 5.57. The zero-order chi connectivity index (χ0) is 14.2. The van der Waals surface area contributed by atoms with E-state index in [0.717, 1.165) is 16.9 Å². The van der Waals surface area contributed by atoms with Crippen LogP contribution in [-0.2, 0) is 21.9 Å². The van der Waals surface area contributed by atoms with Gasteiger partial charge in [-0.1, -0.05) is 42.5 Å². The van der Waals surface area contributed by atoms with Crippen molar-refractivity contribution in [2.45, 2.75) is 19.7 Å². The number of hydrogen-bond acceptors (Lipinski definition) is 3. The molecule has 20 heavy (non-hydrogen) atoms. The van der Waals surface area contributed by atoms with Crippen LogP contribution < -0.4 is 4.74 Å². The van der Waals surface area contributed by atoms with Crippen LogP contribution in [-0.4, -0.2) is 6.61 Å². The molecule has 1 atom stereocenters. The maximum Gasteiger partial charge on any atom is 0.512 e. The van der Waals surface area contributed by atoms with Crippen LogP contribution >= 0.6 is 8.03 Å². The van der Waals surface area contributed by atoms with Crippen molar-refractivity contribution in [2.24, 2.45) is 0 Å². The number of ether oxygens (including phenoxy) is 1. The van der Waals surface area contributed by atoms with Crippen molar-refractivity contribution in [2.75, 3.05) is 6.61 Å². The number of rotatable bonds is 7. The summed E-state index contributed by atoms with van der Waals surface area (Å²) in [5.41, 5.74) is 2.13. The van der Waals surface area contributed by atoms with Gasteiger partial charge in [0.25, 0.3) is 0 Å². The first-order valence-corrected chi connectivity index (χ1v) is 7.97. The third-order valence-corrected chi connectivity index (χ3v) is 3.93. The molecule has 1 unspecified atom stereocenters. The largest absolute Gasteiger partial charge is 0.512 e. The quantitative estimate of drug-likeness (QED) is 0.702. The van der Waals surface area contributed by atoms with Crippen LogP contribution in [0, 0.1) is 0 Å². The summed E-state index contributed by atoms with van der Waals surface area (Å²) in [5.74, 6) is 0.809. The summed E-state index contributed by atoms with van der Waals surface area (Å²) in [6.07, 6.45) is 0.447. The molecule has 0 spiro atoms. The molecule has 0 saturated carbocycles. The molecule has 0 aliphatic heterocycles. The molecule has 0 heterocycles. The average Bonchev–Trinajstić information content (AvgIpc) is 2.48. The van der Waals surface area contributed by atoms with Crippen molar-refractivity contribution in [3.8, 4) is 5.75 Å². The lowest BCUT2D eigenvalue weighted by molar-refractivity contribution is 0.306. The minimum Gasteiger partial charge on any atom is -0.489 e. The molecule has 0 aromatic heterocycles. The molecular weight excluding hydrogens is 271 g/mol. The van der Waals surface area contributed by atoms with Crippen LogP contribution in [0.15, 0.2) is 54.6 Å². The molecule has 0 bridgehead atoms. The van der Waals surface area contributed by atoms with Crippen LogP contribution in [0.5, 0.6) is 5.75 Å². The summed E-state index contributed by atoms with van der Waals surface area (Å²) < 4.78 is 22.3. The van der Waals surface area contributed by atoms with Gasteiger partial charge in [-0.3, -0.25) is 0 Å². The smallest absolute Gasteiger partial charge is 0.489 e. The predicted octanol–water partition coefficient (Wildman–Crippen LogP) is 4.54. The van der Waals surface area contributed by atoms with Crippen molar-refractivity contribution < 1.29 is 13.8 Å². The van der Waals surface area contributed by atoms with Crippen molar-refractivity contribution in [3.63, 3.8) is 0 Å². The summed E-state index contributed by atoms with van der Waals surface area (Å²) >= 11 is 0. The maximum absolute atomic E-state index is 11.5.